The molecule has 0 saturated heterocycles. The minimum absolute atomic E-state index is 0.0230. The smallest absolute Gasteiger partial charge is 0.356 e. The molecule has 1 heterocycles. The van der Waals surface area contributed by atoms with Crippen LogP contribution in [0.4, 0.5) is 0 Å². The van der Waals surface area contributed by atoms with E-state index in [0.717, 1.165) is 5.56 Å². The first-order valence-corrected chi connectivity index (χ1v) is 6.25. The Morgan fingerprint density at radius 1 is 1.29 bits per heavy atom. The third-order valence-corrected chi connectivity index (χ3v) is 2.60. The molecule has 6 nitrogen and oxygen atoms in total. The molecule has 0 spiro atoms. The topological polar surface area (TPSA) is 84.2 Å². The fourth-order valence-corrected chi connectivity index (χ4v) is 1.59. The predicted octanol–water partition coefficient (Wildman–Crippen LogP) is 0.749. The normalized spacial score (nSPS) is 9.52. The lowest BCUT2D eigenvalue weighted by Crippen LogP contribution is -2.25. The van der Waals surface area contributed by atoms with Crippen LogP contribution in [0.3, 0.4) is 0 Å². The molecule has 0 bridgehead atoms. The Morgan fingerprint density at radius 2 is 2.05 bits per heavy atom. The minimum atomic E-state index is -1.08. The Bertz CT molecular complexity index is 696. The number of imidazole rings is 1. The van der Waals surface area contributed by atoms with E-state index in [1.54, 1.807) is 4.57 Å². The van der Waals surface area contributed by atoms with Gasteiger partial charge in [0.1, 0.15) is 0 Å². The first kappa shape index (κ1) is 14.3. The Balaban J connectivity index is 1.79. The zero-order valence-corrected chi connectivity index (χ0v) is 11.1. The summed E-state index contributed by atoms with van der Waals surface area (Å²) in [5, 5.41) is 11.4. The number of amides is 1. The molecule has 2 rings (SSSR count). The van der Waals surface area contributed by atoms with E-state index in [0.29, 0.717) is 13.1 Å². The number of carbonyl (C=O) groups excluding carboxylic acids is 1. The summed E-state index contributed by atoms with van der Waals surface area (Å²) in [6.07, 6.45) is 2.81. The van der Waals surface area contributed by atoms with Gasteiger partial charge >= 0.3 is 5.97 Å². The molecule has 106 valence electrons. The maximum atomic E-state index is 11.5. The number of hydrogen-bond acceptors (Lipinski definition) is 3. The molecule has 0 saturated carbocycles. The number of hydrogen-bond donors (Lipinski definition) is 2. The Labute approximate surface area is 121 Å². The van der Waals surface area contributed by atoms with Crippen molar-refractivity contribution in [2.24, 2.45) is 0 Å². The van der Waals surface area contributed by atoms with Crippen LogP contribution in [0.1, 0.15) is 16.1 Å². The lowest BCUT2D eigenvalue weighted by molar-refractivity contribution is -0.115. The molecular formula is C15H13N3O3. The second-order valence-corrected chi connectivity index (χ2v) is 4.17. The van der Waals surface area contributed by atoms with Crippen LogP contribution in [0, 0.1) is 11.8 Å². The van der Waals surface area contributed by atoms with Gasteiger partial charge in [-0.1, -0.05) is 24.1 Å². The summed E-state index contributed by atoms with van der Waals surface area (Å²) < 4.78 is 1.59. The molecule has 1 aromatic heterocycles. The maximum absolute atomic E-state index is 11.5. The van der Waals surface area contributed by atoms with Gasteiger partial charge in [-0.2, -0.15) is 0 Å². The first-order chi connectivity index (χ1) is 10.1. The van der Waals surface area contributed by atoms with Gasteiger partial charge in [-0.3, -0.25) is 4.79 Å². The third kappa shape index (κ3) is 4.51. The number of nitrogens with zero attached hydrogens (tertiary/aromatic N) is 2. The molecule has 0 fully saturated rings. The van der Waals surface area contributed by atoms with Gasteiger partial charge in [-0.15, -0.1) is 0 Å². The number of carbonyl (C=O) groups is 2. The molecule has 0 aliphatic heterocycles. The Morgan fingerprint density at radius 3 is 2.71 bits per heavy atom. The highest BCUT2D eigenvalue weighted by molar-refractivity contribution is 5.94. The van der Waals surface area contributed by atoms with Gasteiger partial charge in [-0.05, 0) is 12.1 Å². The SMILES string of the molecule is O=C(C#Cc1ccccc1)NCCn1cnc(C(=O)O)c1. The zero-order valence-electron chi connectivity index (χ0n) is 11.1. The summed E-state index contributed by atoms with van der Waals surface area (Å²) >= 11 is 0. The van der Waals surface area contributed by atoms with Crippen molar-refractivity contribution < 1.29 is 14.7 Å². The molecule has 6 heteroatoms. The lowest BCUT2D eigenvalue weighted by Gasteiger charge is -2.01. The van der Waals surface area contributed by atoms with E-state index < -0.39 is 5.97 Å². The van der Waals surface area contributed by atoms with Crippen LogP contribution in [0.5, 0.6) is 0 Å². The number of rotatable bonds is 4. The average Bonchev–Trinajstić information content (AvgIpc) is 2.95. The summed E-state index contributed by atoms with van der Waals surface area (Å²) in [5.41, 5.74) is 0.749. The van der Waals surface area contributed by atoms with Crippen molar-refractivity contribution in [2.75, 3.05) is 6.54 Å². The second kappa shape index (κ2) is 6.91. The number of aromatic nitrogens is 2. The highest BCUT2D eigenvalue weighted by Gasteiger charge is 2.05. The molecule has 2 aromatic rings. The molecule has 0 unspecified atom stereocenters. The average molecular weight is 283 g/mol. The highest BCUT2D eigenvalue weighted by Crippen LogP contribution is 1.96. The van der Waals surface area contributed by atoms with Crippen LogP contribution >= 0.6 is 0 Å². The van der Waals surface area contributed by atoms with E-state index in [9.17, 15) is 9.59 Å². The van der Waals surface area contributed by atoms with Crippen LogP contribution in [0.15, 0.2) is 42.9 Å². The van der Waals surface area contributed by atoms with E-state index in [1.807, 2.05) is 30.3 Å². The van der Waals surface area contributed by atoms with Crippen LogP contribution in [-0.2, 0) is 11.3 Å². The number of carboxylic acids is 1. The van der Waals surface area contributed by atoms with Gasteiger partial charge in [0.15, 0.2) is 5.69 Å². The van der Waals surface area contributed by atoms with Crippen molar-refractivity contribution in [3.63, 3.8) is 0 Å². The summed E-state index contributed by atoms with van der Waals surface area (Å²) in [7, 11) is 0. The van der Waals surface area contributed by atoms with Crippen molar-refractivity contribution in [3.05, 3.63) is 54.1 Å². The third-order valence-electron chi connectivity index (χ3n) is 2.60. The fourth-order valence-electron chi connectivity index (χ4n) is 1.59. The molecule has 2 N–H and O–H groups in total. The van der Waals surface area contributed by atoms with E-state index in [4.69, 9.17) is 5.11 Å². The number of carboxylic acid groups (broad SMARTS) is 1. The zero-order chi connectivity index (χ0) is 15.1. The molecular weight excluding hydrogens is 270 g/mol. The van der Waals surface area contributed by atoms with Crippen molar-refractivity contribution in [1.29, 1.82) is 0 Å². The molecule has 0 aliphatic rings. The number of benzene rings is 1. The molecule has 0 aliphatic carbocycles. The molecule has 0 atom stereocenters. The van der Waals surface area contributed by atoms with Crippen LogP contribution in [0.2, 0.25) is 0 Å². The standard InChI is InChI=1S/C15H13N3O3/c19-14(7-6-12-4-2-1-3-5-12)16-8-9-18-10-13(15(20)21)17-11-18/h1-5,10-11H,8-9H2,(H,16,19)(H,20,21). The van der Waals surface area contributed by atoms with Crippen LogP contribution in [0.25, 0.3) is 0 Å². The fraction of sp³-hybridized carbons (Fsp3) is 0.133. The number of aromatic carboxylic acids is 1. The van der Waals surface area contributed by atoms with Crippen LogP contribution in [-0.4, -0.2) is 33.1 Å². The Hall–Kier alpha value is -3.07. The van der Waals surface area contributed by atoms with Gasteiger partial charge in [0.05, 0.1) is 6.33 Å². The molecule has 21 heavy (non-hydrogen) atoms. The van der Waals surface area contributed by atoms with E-state index in [2.05, 4.69) is 22.1 Å². The second-order valence-electron chi connectivity index (χ2n) is 4.17. The summed E-state index contributed by atoms with van der Waals surface area (Å²) in [5.74, 6) is 3.79. The van der Waals surface area contributed by atoms with Crippen LogP contribution < -0.4 is 5.32 Å². The quantitative estimate of drug-likeness (QED) is 0.811. The summed E-state index contributed by atoms with van der Waals surface area (Å²) in [6.45, 7) is 0.775. The minimum Gasteiger partial charge on any atom is -0.476 e. The van der Waals surface area contributed by atoms with Gasteiger partial charge in [0, 0.05) is 30.8 Å². The monoisotopic (exact) mass is 283 g/mol. The summed E-state index contributed by atoms with van der Waals surface area (Å²) in [6, 6.07) is 9.21. The molecule has 0 radical (unpaired) electrons. The van der Waals surface area contributed by atoms with E-state index in [-0.39, 0.29) is 11.6 Å². The van der Waals surface area contributed by atoms with Crippen molar-refractivity contribution in [3.8, 4) is 11.8 Å². The van der Waals surface area contributed by atoms with E-state index >= 15 is 0 Å². The predicted molar refractivity (Wildman–Crippen MR) is 75.5 cm³/mol. The Kier molecular flexibility index (Phi) is 4.72. The number of nitrogens with one attached hydrogen (secondary N) is 1. The molecule has 1 aromatic carbocycles. The first-order valence-electron chi connectivity index (χ1n) is 6.25. The highest BCUT2D eigenvalue weighted by atomic mass is 16.4. The van der Waals surface area contributed by atoms with Crippen molar-refractivity contribution in [1.82, 2.24) is 14.9 Å². The van der Waals surface area contributed by atoms with Gasteiger partial charge < -0.3 is 15.0 Å². The van der Waals surface area contributed by atoms with Gasteiger partial charge in [-0.25, -0.2) is 9.78 Å². The maximum Gasteiger partial charge on any atom is 0.356 e. The van der Waals surface area contributed by atoms with Gasteiger partial charge in [0.25, 0.3) is 5.91 Å². The van der Waals surface area contributed by atoms with Crippen molar-refractivity contribution in [2.45, 2.75) is 6.54 Å². The van der Waals surface area contributed by atoms with Gasteiger partial charge in [0.2, 0.25) is 0 Å². The summed E-state index contributed by atoms with van der Waals surface area (Å²) in [4.78, 5) is 25.9. The largest absolute Gasteiger partial charge is 0.476 e. The van der Waals surface area contributed by atoms with Crippen molar-refractivity contribution >= 4 is 11.9 Å². The lowest BCUT2D eigenvalue weighted by atomic mass is 10.2. The van der Waals surface area contributed by atoms with E-state index in [1.165, 1.54) is 12.5 Å². The molecule has 1 amide bonds.